The molecule has 1 aliphatic rings. The van der Waals surface area contributed by atoms with Crippen LogP contribution < -0.4 is 0 Å². The van der Waals surface area contributed by atoms with Gasteiger partial charge in [-0.2, -0.15) is 4.31 Å². The van der Waals surface area contributed by atoms with Crippen molar-refractivity contribution in [2.75, 3.05) is 19.0 Å². The summed E-state index contributed by atoms with van der Waals surface area (Å²) in [5.74, 6) is 0.969. The number of sulfonamides is 1. The van der Waals surface area contributed by atoms with E-state index in [2.05, 4.69) is 15.9 Å². The van der Waals surface area contributed by atoms with Crippen LogP contribution in [-0.2, 0) is 10.0 Å². The first-order valence-corrected chi connectivity index (χ1v) is 9.13. The Morgan fingerprint density at radius 3 is 2.79 bits per heavy atom. The van der Waals surface area contributed by atoms with Crippen LogP contribution in [0.25, 0.3) is 0 Å². The number of hydrogen-bond donors (Lipinski definition) is 0. The number of hydrogen-bond acceptors (Lipinski definition) is 2. The second kappa shape index (κ2) is 6.57. The predicted octanol–water partition coefficient (Wildman–Crippen LogP) is 3.48. The van der Waals surface area contributed by atoms with Gasteiger partial charge in [0.15, 0.2) is 0 Å². The SMILES string of the molecule is O=S(=O)(c1ccccc1Br)N1CCCC(CCCl)C1. The zero-order chi connectivity index (χ0) is 13.9. The molecule has 0 spiro atoms. The Hall–Kier alpha value is -0.100. The molecule has 6 heteroatoms. The van der Waals surface area contributed by atoms with E-state index in [-0.39, 0.29) is 0 Å². The van der Waals surface area contributed by atoms with Crippen LogP contribution in [0.4, 0.5) is 0 Å². The van der Waals surface area contributed by atoms with Gasteiger partial charge in [-0.15, -0.1) is 11.6 Å². The Labute approximate surface area is 128 Å². The number of nitrogens with zero attached hydrogens (tertiary/aromatic N) is 1. The van der Waals surface area contributed by atoms with Crippen molar-refractivity contribution in [2.24, 2.45) is 5.92 Å². The van der Waals surface area contributed by atoms with Crippen LogP contribution in [0.5, 0.6) is 0 Å². The Kier molecular flexibility index (Phi) is 5.29. The summed E-state index contributed by atoms with van der Waals surface area (Å²) in [6.07, 6.45) is 2.85. The highest BCUT2D eigenvalue weighted by Crippen LogP contribution is 2.29. The predicted molar refractivity (Wildman–Crippen MR) is 81.0 cm³/mol. The van der Waals surface area contributed by atoms with Crippen molar-refractivity contribution in [3.05, 3.63) is 28.7 Å². The van der Waals surface area contributed by atoms with Crippen LogP contribution in [0.3, 0.4) is 0 Å². The lowest BCUT2D eigenvalue weighted by Crippen LogP contribution is -2.40. The van der Waals surface area contributed by atoms with Crippen LogP contribution >= 0.6 is 27.5 Å². The van der Waals surface area contributed by atoms with Gasteiger partial charge in [0.05, 0.1) is 4.90 Å². The highest BCUT2D eigenvalue weighted by molar-refractivity contribution is 9.10. The summed E-state index contributed by atoms with van der Waals surface area (Å²) in [6.45, 7) is 1.18. The topological polar surface area (TPSA) is 37.4 Å². The third-order valence-electron chi connectivity index (χ3n) is 3.45. The minimum atomic E-state index is -3.40. The van der Waals surface area contributed by atoms with Crippen LogP contribution in [0.1, 0.15) is 19.3 Å². The van der Waals surface area contributed by atoms with Gasteiger partial charge in [0.25, 0.3) is 0 Å². The second-order valence-corrected chi connectivity index (χ2v) is 7.92. The van der Waals surface area contributed by atoms with E-state index in [1.165, 1.54) is 0 Å². The van der Waals surface area contributed by atoms with E-state index in [9.17, 15) is 8.42 Å². The normalized spacial score (nSPS) is 21.5. The third kappa shape index (κ3) is 3.51. The Morgan fingerprint density at radius 1 is 1.37 bits per heavy atom. The van der Waals surface area contributed by atoms with Crippen LogP contribution in [0, 0.1) is 5.92 Å². The third-order valence-corrected chi connectivity index (χ3v) is 6.55. The molecule has 1 aromatic rings. The minimum Gasteiger partial charge on any atom is -0.207 e. The van der Waals surface area contributed by atoms with Gasteiger partial charge >= 0.3 is 0 Å². The van der Waals surface area contributed by atoms with Gasteiger partial charge in [0.1, 0.15) is 0 Å². The van der Waals surface area contributed by atoms with E-state index in [1.807, 2.05) is 6.07 Å². The second-order valence-electron chi connectivity index (χ2n) is 4.78. The van der Waals surface area contributed by atoms with E-state index >= 15 is 0 Å². The monoisotopic (exact) mass is 365 g/mol. The molecule has 106 valence electrons. The van der Waals surface area contributed by atoms with Crippen molar-refractivity contribution in [3.8, 4) is 0 Å². The molecule has 19 heavy (non-hydrogen) atoms. The van der Waals surface area contributed by atoms with Crippen molar-refractivity contribution >= 4 is 37.6 Å². The number of rotatable bonds is 4. The summed E-state index contributed by atoms with van der Waals surface area (Å²) in [7, 11) is -3.40. The Balaban J connectivity index is 2.22. The zero-order valence-electron chi connectivity index (χ0n) is 10.6. The molecule has 1 heterocycles. The average Bonchev–Trinajstić information content (AvgIpc) is 2.40. The summed E-state index contributed by atoms with van der Waals surface area (Å²) in [4.78, 5) is 0.349. The van der Waals surface area contributed by atoms with Crippen molar-refractivity contribution in [2.45, 2.75) is 24.2 Å². The molecule has 1 fully saturated rings. The fourth-order valence-electron chi connectivity index (χ4n) is 2.43. The lowest BCUT2D eigenvalue weighted by molar-refractivity contribution is 0.262. The number of piperidine rings is 1. The Morgan fingerprint density at radius 2 is 2.11 bits per heavy atom. The summed E-state index contributed by atoms with van der Waals surface area (Å²) < 4.78 is 27.5. The lowest BCUT2D eigenvalue weighted by atomic mass is 9.97. The molecule has 0 N–H and O–H groups in total. The van der Waals surface area contributed by atoms with Crippen LogP contribution in [0.15, 0.2) is 33.6 Å². The fourth-order valence-corrected chi connectivity index (χ4v) is 5.25. The van der Waals surface area contributed by atoms with E-state index < -0.39 is 10.0 Å². The van der Waals surface area contributed by atoms with Gasteiger partial charge in [0, 0.05) is 23.4 Å². The average molecular weight is 367 g/mol. The molecule has 0 aromatic heterocycles. The van der Waals surface area contributed by atoms with Crippen molar-refractivity contribution in [1.29, 1.82) is 0 Å². The van der Waals surface area contributed by atoms with Crippen LogP contribution in [0.2, 0.25) is 0 Å². The van der Waals surface area contributed by atoms with Gasteiger partial charge in [-0.1, -0.05) is 12.1 Å². The minimum absolute atomic E-state index is 0.349. The number of alkyl halides is 1. The Bertz CT molecular complexity index is 533. The molecule has 1 atom stereocenters. The summed E-state index contributed by atoms with van der Waals surface area (Å²) in [5, 5.41) is 0. The largest absolute Gasteiger partial charge is 0.244 e. The molecule has 1 aliphatic heterocycles. The van der Waals surface area contributed by atoms with Gasteiger partial charge in [-0.25, -0.2) is 8.42 Å². The van der Waals surface area contributed by atoms with E-state index in [0.717, 1.165) is 19.3 Å². The molecular weight excluding hydrogens is 350 g/mol. The fraction of sp³-hybridized carbons (Fsp3) is 0.538. The molecule has 1 unspecified atom stereocenters. The van der Waals surface area contributed by atoms with E-state index in [1.54, 1.807) is 22.5 Å². The first-order chi connectivity index (χ1) is 9.05. The zero-order valence-corrected chi connectivity index (χ0v) is 13.7. The molecule has 0 saturated carbocycles. The maximum Gasteiger partial charge on any atom is 0.244 e. The summed E-state index contributed by atoms with van der Waals surface area (Å²) in [5.41, 5.74) is 0. The van der Waals surface area contributed by atoms with Crippen molar-refractivity contribution < 1.29 is 8.42 Å². The highest BCUT2D eigenvalue weighted by atomic mass is 79.9. The molecular formula is C13H17BrClNO2S. The number of halogens is 2. The van der Waals surface area contributed by atoms with Gasteiger partial charge in [-0.3, -0.25) is 0 Å². The van der Waals surface area contributed by atoms with Crippen molar-refractivity contribution in [1.82, 2.24) is 4.31 Å². The molecule has 0 amide bonds. The maximum atomic E-state index is 12.6. The smallest absolute Gasteiger partial charge is 0.207 e. The number of benzene rings is 1. The standard InChI is InChI=1S/C13H17BrClNO2S/c14-12-5-1-2-6-13(12)19(17,18)16-9-3-4-11(10-16)7-8-15/h1-2,5-6,11H,3-4,7-10H2. The molecule has 0 bridgehead atoms. The van der Waals surface area contributed by atoms with E-state index in [0.29, 0.717) is 34.3 Å². The maximum absolute atomic E-state index is 12.6. The molecule has 0 radical (unpaired) electrons. The quantitative estimate of drug-likeness (QED) is 0.765. The first-order valence-electron chi connectivity index (χ1n) is 6.36. The molecule has 0 aliphatic carbocycles. The molecule has 1 aromatic carbocycles. The van der Waals surface area contributed by atoms with Gasteiger partial charge in [-0.05, 0) is 53.2 Å². The van der Waals surface area contributed by atoms with Gasteiger partial charge in [0.2, 0.25) is 10.0 Å². The van der Waals surface area contributed by atoms with E-state index in [4.69, 9.17) is 11.6 Å². The first kappa shape index (κ1) is 15.3. The molecule has 1 saturated heterocycles. The molecule has 3 nitrogen and oxygen atoms in total. The van der Waals surface area contributed by atoms with Crippen molar-refractivity contribution in [3.63, 3.8) is 0 Å². The van der Waals surface area contributed by atoms with Crippen LogP contribution in [-0.4, -0.2) is 31.7 Å². The lowest BCUT2D eigenvalue weighted by Gasteiger charge is -2.31. The van der Waals surface area contributed by atoms with Gasteiger partial charge < -0.3 is 0 Å². The molecule has 2 rings (SSSR count). The highest BCUT2D eigenvalue weighted by Gasteiger charge is 2.30. The summed E-state index contributed by atoms with van der Waals surface area (Å²) in [6, 6.07) is 6.96. The summed E-state index contributed by atoms with van der Waals surface area (Å²) >= 11 is 9.08.